The predicted octanol–water partition coefficient (Wildman–Crippen LogP) is 0.115. The lowest BCUT2D eigenvalue weighted by Gasteiger charge is -2.37. The van der Waals surface area contributed by atoms with Crippen molar-refractivity contribution in [3.8, 4) is 0 Å². The van der Waals surface area contributed by atoms with Gasteiger partial charge < -0.3 is 15.7 Å². The minimum absolute atomic E-state index is 0.0521. The minimum atomic E-state index is -0.394. The van der Waals surface area contributed by atoms with E-state index < -0.39 is 6.10 Å². The largest absolute Gasteiger partial charge is 0.391 e. The van der Waals surface area contributed by atoms with E-state index in [1.54, 1.807) is 11.8 Å². The summed E-state index contributed by atoms with van der Waals surface area (Å²) in [6.45, 7) is 2.57. The first-order chi connectivity index (χ1) is 5.63. The monoisotopic (exact) mass is 171 g/mol. The summed E-state index contributed by atoms with van der Waals surface area (Å²) in [5.41, 5.74) is 5.39. The van der Waals surface area contributed by atoms with Gasteiger partial charge in [-0.25, -0.2) is 0 Å². The van der Waals surface area contributed by atoms with Gasteiger partial charge in [-0.15, -0.1) is 0 Å². The average Bonchev–Trinajstić information content (AvgIpc) is 2.04. The standard InChI is InChI=1S/C8H17N3O/c1-6(12)7-4-2-3-5-11(7)8(9)10/h6-7,12H,2-5H2,1H3,(H3,9,10)/t6-,7+/m0/s1. The van der Waals surface area contributed by atoms with E-state index in [2.05, 4.69) is 0 Å². The molecule has 4 N–H and O–H groups in total. The molecule has 1 heterocycles. The zero-order chi connectivity index (χ0) is 9.14. The highest BCUT2D eigenvalue weighted by atomic mass is 16.3. The molecule has 0 aromatic carbocycles. The molecule has 4 heteroatoms. The maximum absolute atomic E-state index is 9.40. The van der Waals surface area contributed by atoms with Gasteiger partial charge in [-0.1, -0.05) is 0 Å². The molecule has 1 saturated heterocycles. The fourth-order valence-electron chi connectivity index (χ4n) is 1.76. The number of hydrogen-bond acceptors (Lipinski definition) is 2. The second-order valence-electron chi connectivity index (χ2n) is 3.38. The molecule has 1 aliphatic rings. The summed E-state index contributed by atoms with van der Waals surface area (Å²) >= 11 is 0. The van der Waals surface area contributed by atoms with Crippen LogP contribution in [0.5, 0.6) is 0 Å². The van der Waals surface area contributed by atoms with Crippen molar-refractivity contribution in [3.05, 3.63) is 0 Å². The molecule has 0 aromatic rings. The van der Waals surface area contributed by atoms with Gasteiger partial charge in [-0.2, -0.15) is 0 Å². The van der Waals surface area contributed by atoms with E-state index in [0.29, 0.717) is 0 Å². The van der Waals surface area contributed by atoms with Crippen molar-refractivity contribution in [2.45, 2.75) is 38.3 Å². The summed E-state index contributed by atoms with van der Waals surface area (Å²) in [5, 5.41) is 16.7. The predicted molar refractivity (Wildman–Crippen MR) is 47.9 cm³/mol. The molecule has 70 valence electrons. The molecule has 0 bridgehead atoms. The molecule has 0 radical (unpaired) electrons. The van der Waals surface area contributed by atoms with Gasteiger partial charge in [0.15, 0.2) is 5.96 Å². The number of aliphatic hydroxyl groups excluding tert-OH is 1. The molecule has 0 spiro atoms. The molecular formula is C8H17N3O. The SMILES string of the molecule is C[C@H](O)[C@H]1CCCCN1C(=N)N. The lowest BCUT2D eigenvalue weighted by atomic mass is 9.99. The Morgan fingerprint density at radius 1 is 1.67 bits per heavy atom. The van der Waals surface area contributed by atoms with Crippen LogP contribution < -0.4 is 5.73 Å². The summed E-state index contributed by atoms with van der Waals surface area (Å²) in [6, 6.07) is 0.0521. The maximum Gasteiger partial charge on any atom is 0.188 e. The van der Waals surface area contributed by atoms with Crippen LogP contribution >= 0.6 is 0 Å². The number of guanidine groups is 1. The summed E-state index contributed by atoms with van der Waals surface area (Å²) < 4.78 is 0. The Hall–Kier alpha value is -0.770. The Kier molecular flexibility index (Phi) is 2.92. The van der Waals surface area contributed by atoms with E-state index in [1.165, 1.54) is 0 Å². The number of rotatable bonds is 1. The fraction of sp³-hybridized carbons (Fsp3) is 0.875. The smallest absolute Gasteiger partial charge is 0.188 e. The number of nitrogens with two attached hydrogens (primary N) is 1. The second kappa shape index (κ2) is 3.76. The third kappa shape index (κ3) is 1.88. The summed E-state index contributed by atoms with van der Waals surface area (Å²) in [5.74, 6) is 0.0839. The van der Waals surface area contributed by atoms with Gasteiger partial charge in [0.1, 0.15) is 0 Å². The first-order valence-electron chi connectivity index (χ1n) is 4.41. The molecule has 1 aliphatic heterocycles. The van der Waals surface area contributed by atoms with Crippen LogP contribution in [0.2, 0.25) is 0 Å². The molecule has 0 aromatic heterocycles. The zero-order valence-corrected chi connectivity index (χ0v) is 7.45. The molecule has 2 atom stereocenters. The maximum atomic E-state index is 9.40. The fourth-order valence-corrected chi connectivity index (χ4v) is 1.76. The molecule has 12 heavy (non-hydrogen) atoms. The third-order valence-electron chi connectivity index (χ3n) is 2.42. The van der Waals surface area contributed by atoms with Crippen LogP contribution in [0.4, 0.5) is 0 Å². The van der Waals surface area contributed by atoms with Crippen molar-refractivity contribution in [1.29, 1.82) is 5.41 Å². The first kappa shape index (κ1) is 9.32. The zero-order valence-electron chi connectivity index (χ0n) is 7.45. The summed E-state index contributed by atoms with van der Waals surface area (Å²) in [4.78, 5) is 1.79. The second-order valence-corrected chi connectivity index (χ2v) is 3.38. The van der Waals surface area contributed by atoms with Crippen LogP contribution in [0.1, 0.15) is 26.2 Å². The van der Waals surface area contributed by atoms with Crippen molar-refractivity contribution >= 4 is 5.96 Å². The van der Waals surface area contributed by atoms with Gasteiger partial charge in [0, 0.05) is 6.54 Å². The Morgan fingerprint density at radius 3 is 2.75 bits per heavy atom. The lowest BCUT2D eigenvalue weighted by molar-refractivity contribution is 0.0754. The molecule has 0 saturated carbocycles. The molecular weight excluding hydrogens is 154 g/mol. The van der Waals surface area contributed by atoms with Gasteiger partial charge in [-0.05, 0) is 26.2 Å². The van der Waals surface area contributed by atoms with E-state index in [9.17, 15) is 5.11 Å². The highest BCUT2D eigenvalue weighted by Crippen LogP contribution is 2.18. The summed E-state index contributed by atoms with van der Waals surface area (Å²) in [6.07, 6.45) is 2.74. The number of piperidine rings is 1. The Balaban J connectivity index is 2.60. The lowest BCUT2D eigenvalue weighted by Crippen LogP contribution is -2.51. The van der Waals surface area contributed by atoms with E-state index in [4.69, 9.17) is 11.1 Å². The Labute approximate surface area is 72.9 Å². The van der Waals surface area contributed by atoms with Gasteiger partial charge in [0.2, 0.25) is 0 Å². The van der Waals surface area contributed by atoms with Crippen LogP contribution in [-0.2, 0) is 0 Å². The molecule has 1 fully saturated rings. The van der Waals surface area contributed by atoms with Crippen LogP contribution in [0, 0.1) is 5.41 Å². The topological polar surface area (TPSA) is 73.3 Å². The number of aliphatic hydroxyl groups is 1. The van der Waals surface area contributed by atoms with E-state index in [0.717, 1.165) is 25.8 Å². The molecule has 4 nitrogen and oxygen atoms in total. The highest BCUT2D eigenvalue weighted by Gasteiger charge is 2.26. The van der Waals surface area contributed by atoms with Gasteiger partial charge in [0.05, 0.1) is 12.1 Å². The van der Waals surface area contributed by atoms with Gasteiger partial charge >= 0.3 is 0 Å². The molecule has 0 unspecified atom stereocenters. The van der Waals surface area contributed by atoms with E-state index >= 15 is 0 Å². The average molecular weight is 171 g/mol. The van der Waals surface area contributed by atoms with Crippen LogP contribution in [0.25, 0.3) is 0 Å². The van der Waals surface area contributed by atoms with Crippen molar-refractivity contribution in [3.63, 3.8) is 0 Å². The minimum Gasteiger partial charge on any atom is -0.391 e. The molecule has 0 aliphatic carbocycles. The number of nitrogens with zero attached hydrogens (tertiary/aromatic N) is 1. The van der Waals surface area contributed by atoms with Crippen molar-refractivity contribution in [1.82, 2.24) is 4.90 Å². The van der Waals surface area contributed by atoms with Crippen molar-refractivity contribution in [2.24, 2.45) is 5.73 Å². The van der Waals surface area contributed by atoms with Crippen molar-refractivity contribution < 1.29 is 5.11 Å². The van der Waals surface area contributed by atoms with E-state index in [-0.39, 0.29) is 12.0 Å². The van der Waals surface area contributed by atoms with Crippen LogP contribution in [-0.4, -0.2) is 34.7 Å². The van der Waals surface area contributed by atoms with Crippen LogP contribution in [0.15, 0.2) is 0 Å². The van der Waals surface area contributed by atoms with Gasteiger partial charge in [0.25, 0.3) is 0 Å². The Morgan fingerprint density at radius 2 is 2.33 bits per heavy atom. The molecule has 1 rings (SSSR count). The third-order valence-corrected chi connectivity index (χ3v) is 2.42. The van der Waals surface area contributed by atoms with E-state index in [1.807, 2.05) is 0 Å². The molecule has 0 amide bonds. The van der Waals surface area contributed by atoms with Gasteiger partial charge in [-0.3, -0.25) is 5.41 Å². The normalized spacial score (nSPS) is 26.8. The van der Waals surface area contributed by atoms with Crippen LogP contribution in [0.3, 0.4) is 0 Å². The van der Waals surface area contributed by atoms with Crippen molar-refractivity contribution in [2.75, 3.05) is 6.54 Å². The Bertz CT molecular complexity index is 170. The first-order valence-corrected chi connectivity index (χ1v) is 4.41. The highest BCUT2D eigenvalue weighted by molar-refractivity contribution is 5.75. The summed E-state index contributed by atoms with van der Waals surface area (Å²) in [7, 11) is 0. The number of nitrogens with one attached hydrogen (secondary N) is 1. The quantitative estimate of drug-likeness (QED) is 0.387. The number of likely N-dealkylation sites (tertiary alicyclic amines) is 1. The number of hydrogen-bond donors (Lipinski definition) is 3.